The number of hydrogen-bond acceptors (Lipinski definition) is 3. The molecule has 0 aliphatic rings. The molecule has 6 N–H and O–H groups in total. The van der Waals surface area contributed by atoms with Gasteiger partial charge in [-0.1, -0.05) is 0 Å². The predicted octanol–water partition coefficient (Wildman–Crippen LogP) is -2.38. The highest BCUT2D eigenvalue weighted by molar-refractivity contribution is 7.80. The normalized spacial score (nSPS) is 12.1. The topological polar surface area (TPSA) is 101 Å². The molecule has 0 aliphatic carbocycles. The van der Waals surface area contributed by atoms with Crippen molar-refractivity contribution in [2.75, 3.05) is 0 Å². The molecule has 0 saturated heterocycles. The molecule has 0 fully saturated rings. The van der Waals surface area contributed by atoms with Gasteiger partial charge in [-0.3, -0.25) is 4.79 Å². The summed E-state index contributed by atoms with van der Waals surface area (Å²) in [5.74, 6) is -0.914. The summed E-state index contributed by atoms with van der Waals surface area (Å²) in [4.78, 5) is 10.0. The van der Waals surface area contributed by atoms with E-state index in [0.29, 0.717) is 0 Å². The fourth-order valence-electron chi connectivity index (χ4n) is 0.206. The zero-order valence-electron chi connectivity index (χ0n) is 4.50. The Bertz CT molecular complexity index is 137. The second-order valence-corrected chi connectivity index (χ2v) is 1.75. The van der Waals surface area contributed by atoms with E-state index in [4.69, 9.17) is 10.8 Å². The number of hydrogen-bond donors (Lipinski definition) is 4. The first-order valence-electron chi connectivity index (χ1n) is 2.07. The van der Waals surface area contributed by atoms with E-state index in [2.05, 4.69) is 18.0 Å². The molecule has 0 rings (SSSR count). The highest BCUT2D eigenvalue weighted by Crippen LogP contribution is 1.70. The number of carbonyl (C=O) groups excluding carboxylic acids is 1. The first kappa shape index (κ1) is 8.12. The molecule has 0 saturated carbocycles. The van der Waals surface area contributed by atoms with Crippen molar-refractivity contribution in [3.8, 4) is 0 Å². The zero-order chi connectivity index (χ0) is 7.44. The second kappa shape index (κ2) is 3.21. The minimum absolute atomic E-state index is 0.165. The molecule has 0 aromatic carbocycles. The molecule has 1 amide bonds. The van der Waals surface area contributed by atoms with Gasteiger partial charge in [-0.15, -0.1) is 0 Å². The van der Waals surface area contributed by atoms with Gasteiger partial charge in [0.2, 0.25) is 6.23 Å². The molecule has 0 radical (unpaired) electrons. The number of rotatable bonds is 2. The van der Waals surface area contributed by atoms with E-state index in [0.717, 1.165) is 0 Å². The number of thiocarbonyl (C=S) groups is 1. The van der Waals surface area contributed by atoms with Crippen LogP contribution in [0, 0.1) is 0 Å². The first-order chi connectivity index (χ1) is 4.04. The Morgan fingerprint density at radius 3 is 2.22 bits per heavy atom. The molecule has 0 aromatic rings. The van der Waals surface area contributed by atoms with Crippen molar-refractivity contribution in [2.45, 2.75) is 6.23 Å². The van der Waals surface area contributed by atoms with E-state index < -0.39 is 12.1 Å². The number of amides is 1. The van der Waals surface area contributed by atoms with E-state index in [-0.39, 0.29) is 5.11 Å². The molecule has 0 heterocycles. The van der Waals surface area contributed by atoms with E-state index in [9.17, 15) is 4.79 Å². The van der Waals surface area contributed by atoms with Crippen LogP contribution < -0.4 is 16.8 Å². The summed E-state index contributed by atoms with van der Waals surface area (Å²) in [6.07, 6.45) is -1.48. The molecule has 0 aromatic heterocycles. The van der Waals surface area contributed by atoms with Crippen molar-refractivity contribution in [3.05, 3.63) is 0 Å². The Labute approximate surface area is 57.0 Å². The van der Waals surface area contributed by atoms with Crippen molar-refractivity contribution in [2.24, 2.45) is 11.5 Å². The Kier molecular flexibility index (Phi) is 2.89. The number of nitrogens with one attached hydrogen (secondary N) is 1. The number of carbonyl (C=O) groups is 1. The predicted molar refractivity (Wildman–Crippen MR) is 35.1 cm³/mol. The number of nitrogens with two attached hydrogens (primary N) is 2. The van der Waals surface area contributed by atoms with Gasteiger partial charge in [0.1, 0.15) is 0 Å². The van der Waals surface area contributed by atoms with Crippen LogP contribution in [0.25, 0.3) is 0 Å². The minimum atomic E-state index is -1.48. The second-order valence-electron chi connectivity index (χ2n) is 1.31. The van der Waals surface area contributed by atoms with Gasteiger partial charge in [-0.05, 0) is 12.2 Å². The van der Waals surface area contributed by atoms with Gasteiger partial charge in [-0.25, -0.2) is 0 Å². The fraction of sp³-hybridized carbons (Fsp3) is 0.333. The first-order valence-corrected chi connectivity index (χ1v) is 2.48. The molecule has 0 bridgehead atoms. The highest BCUT2D eigenvalue weighted by Gasteiger charge is 2.08. The maximum atomic E-state index is 10.0. The molecule has 52 valence electrons. The largest absolute Gasteiger partial charge is 0.376 e. The van der Waals surface area contributed by atoms with E-state index >= 15 is 0 Å². The maximum absolute atomic E-state index is 10.0. The van der Waals surface area contributed by atoms with Gasteiger partial charge in [0.05, 0.1) is 0 Å². The molecule has 1 atom stereocenters. The summed E-state index contributed by atoms with van der Waals surface area (Å²) in [5.41, 5.74) is 9.50. The van der Waals surface area contributed by atoms with Crippen LogP contribution in [0.15, 0.2) is 0 Å². The van der Waals surface area contributed by atoms with Gasteiger partial charge in [0.15, 0.2) is 5.11 Å². The van der Waals surface area contributed by atoms with Crippen LogP contribution in [0.2, 0.25) is 0 Å². The minimum Gasteiger partial charge on any atom is -0.376 e. The number of aliphatic hydroxyl groups excluding tert-OH is 1. The maximum Gasteiger partial charge on any atom is 0.267 e. The SMILES string of the molecule is NC(=O)C(O)NC(N)=S. The van der Waals surface area contributed by atoms with Crippen LogP contribution >= 0.6 is 12.2 Å². The van der Waals surface area contributed by atoms with Gasteiger partial charge in [-0.2, -0.15) is 0 Å². The Balaban J connectivity index is 3.63. The van der Waals surface area contributed by atoms with E-state index in [1.165, 1.54) is 0 Å². The summed E-state index contributed by atoms with van der Waals surface area (Å²) in [7, 11) is 0. The summed E-state index contributed by atoms with van der Waals surface area (Å²) in [5, 5.41) is 10.4. The van der Waals surface area contributed by atoms with Gasteiger partial charge in [0.25, 0.3) is 5.91 Å². The molecule has 5 nitrogen and oxygen atoms in total. The van der Waals surface area contributed by atoms with Crippen LogP contribution in [-0.4, -0.2) is 22.4 Å². The Morgan fingerprint density at radius 1 is 1.67 bits per heavy atom. The van der Waals surface area contributed by atoms with Crippen LogP contribution in [0.1, 0.15) is 0 Å². The molecular formula is C3H7N3O2S. The molecule has 9 heavy (non-hydrogen) atoms. The summed E-state index contributed by atoms with van der Waals surface area (Å²) < 4.78 is 0. The smallest absolute Gasteiger partial charge is 0.267 e. The average molecular weight is 149 g/mol. The summed E-state index contributed by atoms with van der Waals surface area (Å²) in [6, 6.07) is 0. The molecular weight excluding hydrogens is 142 g/mol. The summed E-state index contributed by atoms with van der Waals surface area (Å²) in [6.45, 7) is 0. The van der Waals surface area contributed by atoms with Crippen LogP contribution in [-0.2, 0) is 4.79 Å². The molecule has 1 unspecified atom stereocenters. The Morgan fingerprint density at radius 2 is 2.11 bits per heavy atom. The number of aliphatic hydroxyl groups is 1. The average Bonchev–Trinajstić information content (AvgIpc) is 1.63. The molecule has 0 aliphatic heterocycles. The van der Waals surface area contributed by atoms with Crippen LogP contribution in [0.5, 0.6) is 0 Å². The van der Waals surface area contributed by atoms with Crippen LogP contribution in [0.3, 0.4) is 0 Å². The van der Waals surface area contributed by atoms with Crippen LogP contribution in [0.4, 0.5) is 0 Å². The summed E-state index contributed by atoms with van der Waals surface area (Å²) >= 11 is 4.29. The van der Waals surface area contributed by atoms with Crippen molar-refractivity contribution in [3.63, 3.8) is 0 Å². The van der Waals surface area contributed by atoms with Crippen molar-refractivity contribution in [1.29, 1.82) is 0 Å². The monoisotopic (exact) mass is 149 g/mol. The third-order valence-electron chi connectivity index (χ3n) is 0.548. The van der Waals surface area contributed by atoms with Crippen molar-refractivity contribution >= 4 is 23.2 Å². The molecule has 0 spiro atoms. The quantitative estimate of drug-likeness (QED) is 0.259. The lowest BCUT2D eigenvalue weighted by Crippen LogP contribution is -2.46. The van der Waals surface area contributed by atoms with Crippen molar-refractivity contribution < 1.29 is 9.90 Å². The zero-order valence-corrected chi connectivity index (χ0v) is 5.31. The van der Waals surface area contributed by atoms with Gasteiger partial charge < -0.3 is 21.9 Å². The fourth-order valence-corrected chi connectivity index (χ4v) is 0.318. The van der Waals surface area contributed by atoms with Crippen molar-refractivity contribution in [1.82, 2.24) is 5.32 Å². The Hall–Kier alpha value is -0.880. The van der Waals surface area contributed by atoms with Gasteiger partial charge in [0, 0.05) is 0 Å². The van der Waals surface area contributed by atoms with E-state index in [1.807, 2.05) is 5.32 Å². The molecule has 6 heteroatoms. The van der Waals surface area contributed by atoms with E-state index in [1.54, 1.807) is 0 Å². The lowest BCUT2D eigenvalue weighted by Gasteiger charge is -2.06. The lowest BCUT2D eigenvalue weighted by atomic mass is 10.5. The highest BCUT2D eigenvalue weighted by atomic mass is 32.1. The third-order valence-corrected chi connectivity index (χ3v) is 0.666. The van der Waals surface area contributed by atoms with Gasteiger partial charge >= 0.3 is 0 Å². The lowest BCUT2D eigenvalue weighted by molar-refractivity contribution is -0.126. The standard InChI is InChI=1S/C3H7N3O2S/c4-1(7)2(8)6-3(5)9/h2,8H,(H2,4,7)(H3,5,6,9). The third kappa shape index (κ3) is 3.68. The number of primary amides is 1.